The summed E-state index contributed by atoms with van der Waals surface area (Å²) in [5, 5.41) is 0. The van der Waals surface area contributed by atoms with E-state index in [0.29, 0.717) is 6.04 Å². The second-order valence-electron chi connectivity index (χ2n) is 4.13. The molecule has 0 radical (unpaired) electrons. The van der Waals surface area contributed by atoms with Crippen LogP contribution < -0.4 is 0 Å². The number of carbonyl (C=O) groups excluding carboxylic acids is 1. The first-order chi connectivity index (χ1) is 6.27. The fraction of sp³-hybridized carbons (Fsp3) is 0.900. The highest BCUT2D eigenvalue weighted by Crippen LogP contribution is 2.27. The Morgan fingerprint density at radius 2 is 1.85 bits per heavy atom. The number of nitrogens with zero attached hydrogens (tertiary/aromatic N) is 1. The molecule has 0 spiro atoms. The first kappa shape index (κ1) is 8.85. The van der Waals surface area contributed by atoms with Crippen LogP contribution in [0.15, 0.2) is 0 Å². The summed E-state index contributed by atoms with van der Waals surface area (Å²) in [7, 11) is 1.84. The van der Waals surface area contributed by atoms with Crippen molar-refractivity contribution >= 4 is 6.09 Å². The van der Waals surface area contributed by atoms with E-state index in [2.05, 4.69) is 0 Å². The van der Waals surface area contributed by atoms with E-state index in [1.165, 1.54) is 12.8 Å². The van der Waals surface area contributed by atoms with E-state index < -0.39 is 0 Å². The minimum atomic E-state index is -0.116. The Kier molecular flexibility index (Phi) is 2.42. The van der Waals surface area contributed by atoms with Crippen molar-refractivity contribution in [3.8, 4) is 0 Å². The van der Waals surface area contributed by atoms with Crippen molar-refractivity contribution in [2.45, 2.75) is 50.7 Å². The van der Waals surface area contributed by atoms with Crippen LogP contribution in [0.3, 0.4) is 0 Å². The van der Waals surface area contributed by atoms with E-state index >= 15 is 0 Å². The Balaban J connectivity index is 1.76. The summed E-state index contributed by atoms with van der Waals surface area (Å²) in [6.07, 6.45) is 6.93. The van der Waals surface area contributed by atoms with Crippen molar-refractivity contribution < 1.29 is 9.53 Å². The molecular formula is C10H17NO2. The molecule has 0 heterocycles. The van der Waals surface area contributed by atoms with Gasteiger partial charge in [0.2, 0.25) is 0 Å². The molecule has 0 aromatic rings. The van der Waals surface area contributed by atoms with E-state index in [1.807, 2.05) is 7.05 Å². The highest BCUT2D eigenvalue weighted by molar-refractivity contribution is 5.68. The summed E-state index contributed by atoms with van der Waals surface area (Å²) in [5.74, 6) is 0. The standard InChI is InChI=1S/C10H17NO2/c1-11(8-6-7-8)10(12)13-9-4-2-3-5-9/h8-9H,2-7H2,1H3. The highest BCUT2D eigenvalue weighted by Gasteiger charge is 2.32. The molecule has 0 aliphatic heterocycles. The third-order valence-electron chi connectivity index (χ3n) is 2.95. The molecule has 2 saturated carbocycles. The van der Waals surface area contributed by atoms with Crippen molar-refractivity contribution in [2.24, 2.45) is 0 Å². The van der Waals surface area contributed by atoms with E-state index in [4.69, 9.17) is 4.74 Å². The minimum absolute atomic E-state index is 0.116. The highest BCUT2D eigenvalue weighted by atomic mass is 16.6. The molecule has 2 aliphatic rings. The largest absolute Gasteiger partial charge is 0.446 e. The third kappa shape index (κ3) is 2.14. The Bertz CT molecular complexity index is 195. The smallest absolute Gasteiger partial charge is 0.410 e. The summed E-state index contributed by atoms with van der Waals surface area (Å²) < 4.78 is 5.36. The zero-order valence-corrected chi connectivity index (χ0v) is 8.16. The zero-order chi connectivity index (χ0) is 9.26. The van der Waals surface area contributed by atoms with Crippen LogP contribution in [0.25, 0.3) is 0 Å². The molecule has 0 aromatic heterocycles. The number of hydrogen-bond acceptors (Lipinski definition) is 2. The van der Waals surface area contributed by atoms with Gasteiger partial charge in [0.25, 0.3) is 0 Å². The Labute approximate surface area is 79.0 Å². The van der Waals surface area contributed by atoms with Gasteiger partial charge in [-0.2, -0.15) is 0 Å². The molecule has 13 heavy (non-hydrogen) atoms. The lowest BCUT2D eigenvalue weighted by molar-refractivity contribution is 0.0702. The maximum Gasteiger partial charge on any atom is 0.410 e. The van der Waals surface area contributed by atoms with Gasteiger partial charge in [0.15, 0.2) is 0 Å². The molecule has 0 saturated heterocycles. The summed E-state index contributed by atoms with van der Waals surface area (Å²) in [4.78, 5) is 13.2. The average Bonchev–Trinajstić information content (AvgIpc) is 2.85. The quantitative estimate of drug-likeness (QED) is 0.656. The van der Waals surface area contributed by atoms with Gasteiger partial charge in [0.05, 0.1) is 0 Å². The van der Waals surface area contributed by atoms with E-state index in [9.17, 15) is 4.79 Å². The van der Waals surface area contributed by atoms with Crippen LogP contribution in [0.2, 0.25) is 0 Å². The van der Waals surface area contributed by atoms with Gasteiger partial charge in [-0.3, -0.25) is 0 Å². The Hall–Kier alpha value is -0.730. The number of carbonyl (C=O) groups is 1. The molecule has 0 atom stereocenters. The summed E-state index contributed by atoms with van der Waals surface area (Å²) in [6.45, 7) is 0. The summed E-state index contributed by atoms with van der Waals surface area (Å²) in [5.41, 5.74) is 0. The van der Waals surface area contributed by atoms with Gasteiger partial charge in [-0.25, -0.2) is 4.79 Å². The number of amides is 1. The summed E-state index contributed by atoms with van der Waals surface area (Å²) >= 11 is 0. The number of ether oxygens (including phenoxy) is 1. The summed E-state index contributed by atoms with van der Waals surface area (Å²) in [6, 6.07) is 0.467. The SMILES string of the molecule is CN(C(=O)OC1CCCC1)C1CC1. The van der Waals surface area contributed by atoms with Crippen molar-refractivity contribution in [2.75, 3.05) is 7.05 Å². The maximum atomic E-state index is 11.5. The van der Waals surface area contributed by atoms with Crippen LogP contribution in [0, 0.1) is 0 Å². The fourth-order valence-corrected chi connectivity index (χ4v) is 1.84. The van der Waals surface area contributed by atoms with E-state index in [1.54, 1.807) is 4.90 Å². The van der Waals surface area contributed by atoms with Gasteiger partial charge in [-0.05, 0) is 38.5 Å². The predicted octanol–water partition coefficient (Wildman–Crippen LogP) is 2.16. The molecule has 3 nitrogen and oxygen atoms in total. The molecule has 0 N–H and O–H groups in total. The lowest BCUT2D eigenvalue weighted by Gasteiger charge is -2.19. The molecule has 3 heteroatoms. The Morgan fingerprint density at radius 1 is 1.23 bits per heavy atom. The molecular weight excluding hydrogens is 166 g/mol. The maximum absolute atomic E-state index is 11.5. The normalized spacial score (nSPS) is 23.2. The minimum Gasteiger partial charge on any atom is -0.446 e. The van der Waals surface area contributed by atoms with Crippen LogP contribution in [-0.2, 0) is 4.74 Å². The van der Waals surface area contributed by atoms with Gasteiger partial charge in [0.1, 0.15) is 6.10 Å². The molecule has 1 amide bonds. The van der Waals surface area contributed by atoms with Crippen molar-refractivity contribution in [3.63, 3.8) is 0 Å². The van der Waals surface area contributed by atoms with Crippen LogP contribution in [0.1, 0.15) is 38.5 Å². The second kappa shape index (κ2) is 3.56. The topological polar surface area (TPSA) is 29.5 Å². The fourth-order valence-electron chi connectivity index (χ4n) is 1.84. The lowest BCUT2D eigenvalue weighted by Crippen LogP contribution is -2.31. The Morgan fingerprint density at radius 3 is 2.38 bits per heavy atom. The molecule has 74 valence electrons. The molecule has 2 fully saturated rings. The zero-order valence-electron chi connectivity index (χ0n) is 8.16. The molecule has 2 aliphatic carbocycles. The van der Waals surface area contributed by atoms with E-state index in [-0.39, 0.29) is 12.2 Å². The van der Waals surface area contributed by atoms with Gasteiger partial charge >= 0.3 is 6.09 Å². The van der Waals surface area contributed by atoms with Crippen molar-refractivity contribution in [1.29, 1.82) is 0 Å². The monoisotopic (exact) mass is 183 g/mol. The van der Waals surface area contributed by atoms with Crippen molar-refractivity contribution in [1.82, 2.24) is 4.90 Å². The molecule has 0 aromatic carbocycles. The van der Waals surface area contributed by atoms with Gasteiger partial charge in [-0.1, -0.05) is 0 Å². The van der Waals surface area contributed by atoms with Gasteiger partial charge in [-0.15, -0.1) is 0 Å². The van der Waals surface area contributed by atoms with Crippen LogP contribution in [-0.4, -0.2) is 30.2 Å². The van der Waals surface area contributed by atoms with Crippen LogP contribution >= 0.6 is 0 Å². The third-order valence-corrected chi connectivity index (χ3v) is 2.95. The van der Waals surface area contributed by atoms with Gasteiger partial charge < -0.3 is 9.64 Å². The van der Waals surface area contributed by atoms with Crippen molar-refractivity contribution in [3.05, 3.63) is 0 Å². The number of hydrogen-bond donors (Lipinski definition) is 0. The molecule has 0 bridgehead atoms. The van der Waals surface area contributed by atoms with Gasteiger partial charge in [0, 0.05) is 13.1 Å². The van der Waals surface area contributed by atoms with E-state index in [0.717, 1.165) is 25.7 Å². The van der Waals surface area contributed by atoms with Crippen LogP contribution in [0.4, 0.5) is 4.79 Å². The average molecular weight is 183 g/mol. The molecule has 0 unspecified atom stereocenters. The van der Waals surface area contributed by atoms with Crippen LogP contribution in [0.5, 0.6) is 0 Å². The molecule has 2 rings (SSSR count). The second-order valence-corrected chi connectivity index (χ2v) is 4.13. The lowest BCUT2D eigenvalue weighted by atomic mass is 10.3. The number of rotatable bonds is 2. The predicted molar refractivity (Wildman–Crippen MR) is 49.5 cm³/mol. The first-order valence-corrected chi connectivity index (χ1v) is 5.21. The first-order valence-electron chi connectivity index (χ1n) is 5.21.